The third-order valence-electron chi connectivity index (χ3n) is 4.06. The van der Waals surface area contributed by atoms with Crippen LogP contribution in [0.1, 0.15) is 65.4 Å². The van der Waals surface area contributed by atoms with Gasteiger partial charge in [-0.05, 0) is 48.8 Å². The van der Waals surface area contributed by atoms with Gasteiger partial charge in [0.25, 0.3) is 0 Å². The molecule has 0 fully saturated rings. The summed E-state index contributed by atoms with van der Waals surface area (Å²) in [5, 5.41) is 0. The maximum absolute atomic E-state index is 6.03. The number of benzene rings is 1. The van der Waals surface area contributed by atoms with Crippen molar-refractivity contribution in [1.82, 2.24) is 0 Å². The van der Waals surface area contributed by atoms with Crippen LogP contribution < -0.4 is 4.74 Å². The predicted molar refractivity (Wildman–Crippen MR) is 88.4 cm³/mol. The maximum Gasteiger partial charge on any atom is 0.119 e. The SMILES string of the molecule is CCCC(CCC)COc1cccc(C[C@H](C)CC)c1. The molecule has 1 aromatic carbocycles. The molecular formula is C19H32O. The molecule has 0 N–H and O–H groups in total. The molecule has 1 aromatic rings. The summed E-state index contributed by atoms with van der Waals surface area (Å²) in [6, 6.07) is 8.66. The van der Waals surface area contributed by atoms with E-state index in [1.807, 2.05) is 0 Å². The standard InChI is InChI=1S/C19H32O/c1-5-9-17(10-6-2)15-20-19-12-8-11-18(14-19)13-16(4)7-3/h8,11-12,14,16-17H,5-7,9-10,13,15H2,1-4H3/t16-/m1/s1. The zero-order valence-electron chi connectivity index (χ0n) is 13.8. The Morgan fingerprint density at radius 1 is 1.05 bits per heavy atom. The van der Waals surface area contributed by atoms with Gasteiger partial charge in [0.2, 0.25) is 0 Å². The lowest BCUT2D eigenvalue weighted by molar-refractivity contribution is 0.229. The minimum Gasteiger partial charge on any atom is -0.493 e. The van der Waals surface area contributed by atoms with Crippen molar-refractivity contribution in [2.45, 2.75) is 66.2 Å². The van der Waals surface area contributed by atoms with Crippen molar-refractivity contribution < 1.29 is 4.74 Å². The van der Waals surface area contributed by atoms with Gasteiger partial charge in [0, 0.05) is 0 Å². The summed E-state index contributed by atoms with van der Waals surface area (Å²) in [5.41, 5.74) is 1.40. The quantitative estimate of drug-likeness (QED) is 0.519. The molecule has 1 heteroatoms. The molecule has 1 nitrogen and oxygen atoms in total. The van der Waals surface area contributed by atoms with E-state index in [9.17, 15) is 0 Å². The molecule has 0 aliphatic rings. The molecule has 0 aromatic heterocycles. The molecule has 0 radical (unpaired) electrons. The van der Waals surface area contributed by atoms with Gasteiger partial charge >= 0.3 is 0 Å². The van der Waals surface area contributed by atoms with Gasteiger partial charge < -0.3 is 4.74 Å². The highest BCUT2D eigenvalue weighted by Gasteiger charge is 2.08. The number of rotatable bonds is 10. The Kier molecular flexibility index (Phi) is 8.41. The molecule has 0 unspecified atom stereocenters. The average molecular weight is 276 g/mol. The highest BCUT2D eigenvalue weighted by molar-refractivity contribution is 5.28. The van der Waals surface area contributed by atoms with E-state index in [1.165, 1.54) is 37.7 Å². The number of hydrogen-bond acceptors (Lipinski definition) is 1. The van der Waals surface area contributed by atoms with E-state index in [2.05, 4.69) is 52.0 Å². The monoisotopic (exact) mass is 276 g/mol. The first-order chi connectivity index (χ1) is 9.69. The average Bonchev–Trinajstić information content (AvgIpc) is 2.45. The second-order valence-electron chi connectivity index (χ2n) is 6.12. The number of ether oxygens (including phenoxy) is 1. The van der Waals surface area contributed by atoms with Crippen molar-refractivity contribution in [3.05, 3.63) is 29.8 Å². The first-order valence-electron chi connectivity index (χ1n) is 8.41. The molecule has 1 rings (SSSR count). The smallest absolute Gasteiger partial charge is 0.119 e. The van der Waals surface area contributed by atoms with Crippen LogP contribution in [-0.2, 0) is 6.42 Å². The topological polar surface area (TPSA) is 9.23 Å². The van der Waals surface area contributed by atoms with E-state index >= 15 is 0 Å². The first-order valence-corrected chi connectivity index (χ1v) is 8.41. The van der Waals surface area contributed by atoms with Gasteiger partial charge in [-0.3, -0.25) is 0 Å². The van der Waals surface area contributed by atoms with Crippen LogP contribution in [0.2, 0.25) is 0 Å². The van der Waals surface area contributed by atoms with Crippen LogP contribution in [0.4, 0.5) is 0 Å². The van der Waals surface area contributed by atoms with E-state index in [1.54, 1.807) is 0 Å². The Balaban J connectivity index is 2.52. The molecule has 0 heterocycles. The van der Waals surface area contributed by atoms with E-state index < -0.39 is 0 Å². The lowest BCUT2D eigenvalue weighted by atomic mass is 9.98. The summed E-state index contributed by atoms with van der Waals surface area (Å²) in [5.74, 6) is 2.50. The van der Waals surface area contributed by atoms with Gasteiger partial charge in [-0.2, -0.15) is 0 Å². The zero-order chi connectivity index (χ0) is 14.8. The second kappa shape index (κ2) is 9.85. The van der Waals surface area contributed by atoms with Crippen LogP contribution in [0, 0.1) is 11.8 Å². The Morgan fingerprint density at radius 2 is 1.75 bits per heavy atom. The van der Waals surface area contributed by atoms with Gasteiger partial charge in [0.05, 0.1) is 6.61 Å². The summed E-state index contributed by atoms with van der Waals surface area (Å²) in [4.78, 5) is 0. The molecule has 0 bridgehead atoms. The van der Waals surface area contributed by atoms with Crippen molar-refractivity contribution >= 4 is 0 Å². The van der Waals surface area contributed by atoms with Gasteiger partial charge in [0.1, 0.15) is 5.75 Å². The lowest BCUT2D eigenvalue weighted by Crippen LogP contribution is -2.12. The van der Waals surface area contributed by atoms with Gasteiger partial charge in [0.15, 0.2) is 0 Å². The van der Waals surface area contributed by atoms with Crippen LogP contribution >= 0.6 is 0 Å². The molecule has 1 atom stereocenters. The fraction of sp³-hybridized carbons (Fsp3) is 0.684. The Hall–Kier alpha value is -0.980. The van der Waals surface area contributed by atoms with Crippen molar-refractivity contribution in [2.75, 3.05) is 6.61 Å². The summed E-state index contributed by atoms with van der Waals surface area (Å²) in [6.45, 7) is 9.95. The second-order valence-corrected chi connectivity index (χ2v) is 6.12. The molecule has 0 saturated heterocycles. The summed E-state index contributed by atoms with van der Waals surface area (Å²) < 4.78 is 6.03. The van der Waals surface area contributed by atoms with Crippen molar-refractivity contribution in [2.24, 2.45) is 11.8 Å². The molecule has 20 heavy (non-hydrogen) atoms. The minimum atomic E-state index is 0.711. The van der Waals surface area contributed by atoms with Gasteiger partial charge in [-0.15, -0.1) is 0 Å². The fourth-order valence-corrected chi connectivity index (χ4v) is 2.65. The Bertz CT molecular complexity index is 353. The van der Waals surface area contributed by atoms with Crippen molar-refractivity contribution in [1.29, 1.82) is 0 Å². The van der Waals surface area contributed by atoms with Crippen molar-refractivity contribution in [3.8, 4) is 5.75 Å². The summed E-state index contributed by atoms with van der Waals surface area (Å²) in [7, 11) is 0. The minimum absolute atomic E-state index is 0.711. The van der Waals surface area contributed by atoms with E-state index in [0.717, 1.165) is 24.7 Å². The van der Waals surface area contributed by atoms with Crippen LogP contribution in [0.25, 0.3) is 0 Å². The lowest BCUT2D eigenvalue weighted by Gasteiger charge is -2.17. The molecule has 0 aliphatic carbocycles. The molecule has 114 valence electrons. The van der Waals surface area contributed by atoms with Crippen LogP contribution in [0.3, 0.4) is 0 Å². The van der Waals surface area contributed by atoms with Gasteiger partial charge in [-0.25, -0.2) is 0 Å². The normalized spacial score (nSPS) is 12.7. The van der Waals surface area contributed by atoms with Crippen LogP contribution in [0.15, 0.2) is 24.3 Å². The molecule has 0 saturated carbocycles. The van der Waals surface area contributed by atoms with Crippen molar-refractivity contribution in [3.63, 3.8) is 0 Å². The zero-order valence-corrected chi connectivity index (χ0v) is 13.8. The van der Waals surface area contributed by atoms with Crippen LogP contribution in [-0.4, -0.2) is 6.61 Å². The Morgan fingerprint density at radius 3 is 2.35 bits per heavy atom. The summed E-state index contributed by atoms with van der Waals surface area (Å²) >= 11 is 0. The predicted octanol–water partition coefficient (Wildman–Crippen LogP) is 5.87. The molecular weight excluding hydrogens is 244 g/mol. The summed E-state index contributed by atoms with van der Waals surface area (Å²) in [6.07, 6.45) is 7.45. The van der Waals surface area contributed by atoms with E-state index in [-0.39, 0.29) is 0 Å². The van der Waals surface area contributed by atoms with E-state index in [0.29, 0.717) is 5.92 Å². The van der Waals surface area contributed by atoms with Gasteiger partial charge in [-0.1, -0.05) is 59.1 Å². The highest BCUT2D eigenvalue weighted by atomic mass is 16.5. The van der Waals surface area contributed by atoms with Crippen LogP contribution in [0.5, 0.6) is 5.75 Å². The largest absolute Gasteiger partial charge is 0.493 e. The Labute approximate surface area is 125 Å². The molecule has 0 spiro atoms. The van der Waals surface area contributed by atoms with E-state index in [4.69, 9.17) is 4.74 Å². The first kappa shape index (κ1) is 17.1. The maximum atomic E-state index is 6.03. The molecule has 0 aliphatic heterocycles. The molecule has 0 amide bonds. The third-order valence-corrected chi connectivity index (χ3v) is 4.06. The fourth-order valence-electron chi connectivity index (χ4n) is 2.65. The highest BCUT2D eigenvalue weighted by Crippen LogP contribution is 2.20. The third kappa shape index (κ3) is 6.45. The number of hydrogen-bond donors (Lipinski definition) is 0.